The Morgan fingerprint density at radius 2 is 2.40 bits per heavy atom. The Hall–Kier alpha value is -1.58. The van der Waals surface area contributed by atoms with Crippen molar-refractivity contribution in [2.75, 3.05) is 12.8 Å². The number of rotatable bonds is 1. The zero-order chi connectivity index (χ0) is 10.8. The minimum atomic E-state index is -0.127. The molecule has 4 heteroatoms. The first-order chi connectivity index (χ1) is 7.20. The summed E-state index contributed by atoms with van der Waals surface area (Å²) >= 11 is 0. The van der Waals surface area contributed by atoms with Crippen molar-refractivity contribution in [3.05, 3.63) is 23.4 Å². The third-order valence-corrected chi connectivity index (χ3v) is 2.82. The first-order valence-corrected chi connectivity index (χ1v) is 5.03. The van der Waals surface area contributed by atoms with Gasteiger partial charge in [0.2, 0.25) is 0 Å². The summed E-state index contributed by atoms with van der Waals surface area (Å²) in [7, 11) is 1.43. The van der Waals surface area contributed by atoms with Crippen LogP contribution in [0.15, 0.2) is 12.1 Å². The van der Waals surface area contributed by atoms with Crippen LogP contribution in [0.25, 0.3) is 0 Å². The van der Waals surface area contributed by atoms with Crippen molar-refractivity contribution in [2.24, 2.45) is 5.92 Å². The SMILES string of the molecule is COC(=O)C1CCc2nc(N)ccc2C1. The van der Waals surface area contributed by atoms with E-state index in [1.807, 2.05) is 6.07 Å². The molecule has 0 fully saturated rings. The first kappa shape index (κ1) is 9.96. The summed E-state index contributed by atoms with van der Waals surface area (Å²) in [5, 5.41) is 0. The standard InChI is InChI=1S/C11H14N2O2/c1-15-11(14)8-2-4-9-7(6-8)3-5-10(12)13-9/h3,5,8H,2,4,6H2,1H3,(H2,12,13). The van der Waals surface area contributed by atoms with Gasteiger partial charge in [-0.25, -0.2) is 4.98 Å². The van der Waals surface area contributed by atoms with Gasteiger partial charge in [0.15, 0.2) is 0 Å². The van der Waals surface area contributed by atoms with Crippen LogP contribution in [0.3, 0.4) is 0 Å². The smallest absolute Gasteiger partial charge is 0.309 e. The van der Waals surface area contributed by atoms with Gasteiger partial charge in [-0.15, -0.1) is 0 Å². The molecule has 1 aromatic heterocycles. The number of aromatic nitrogens is 1. The average Bonchev–Trinajstić information content (AvgIpc) is 2.27. The van der Waals surface area contributed by atoms with E-state index in [-0.39, 0.29) is 11.9 Å². The van der Waals surface area contributed by atoms with Crippen LogP contribution in [0, 0.1) is 5.92 Å². The molecule has 0 aliphatic heterocycles. The number of carbonyl (C=O) groups is 1. The highest BCUT2D eigenvalue weighted by atomic mass is 16.5. The fraction of sp³-hybridized carbons (Fsp3) is 0.455. The first-order valence-electron chi connectivity index (χ1n) is 5.03. The van der Waals surface area contributed by atoms with Crippen LogP contribution in [0.1, 0.15) is 17.7 Å². The third-order valence-electron chi connectivity index (χ3n) is 2.82. The molecule has 0 radical (unpaired) electrons. The van der Waals surface area contributed by atoms with Crippen LogP contribution in [0.4, 0.5) is 5.82 Å². The van der Waals surface area contributed by atoms with E-state index in [0.29, 0.717) is 5.82 Å². The maximum absolute atomic E-state index is 11.4. The van der Waals surface area contributed by atoms with Gasteiger partial charge in [0.05, 0.1) is 13.0 Å². The molecule has 0 spiro atoms. The highest BCUT2D eigenvalue weighted by molar-refractivity contribution is 5.73. The normalized spacial score (nSPS) is 19.4. The minimum Gasteiger partial charge on any atom is -0.469 e. The number of carbonyl (C=O) groups excluding carboxylic acids is 1. The van der Waals surface area contributed by atoms with Crippen molar-refractivity contribution >= 4 is 11.8 Å². The van der Waals surface area contributed by atoms with E-state index in [9.17, 15) is 4.79 Å². The number of nitrogens with zero attached hydrogens (tertiary/aromatic N) is 1. The van der Waals surface area contributed by atoms with E-state index in [1.165, 1.54) is 7.11 Å². The number of pyridine rings is 1. The van der Waals surface area contributed by atoms with Crippen LogP contribution in [0.5, 0.6) is 0 Å². The van der Waals surface area contributed by atoms with Crippen molar-refractivity contribution in [3.63, 3.8) is 0 Å². The predicted octanol–water partition coefficient (Wildman–Crippen LogP) is 0.942. The maximum Gasteiger partial charge on any atom is 0.309 e. The number of hydrogen-bond donors (Lipinski definition) is 1. The minimum absolute atomic E-state index is 0.0204. The van der Waals surface area contributed by atoms with Gasteiger partial charge >= 0.3 is 5.97 Å². The fourth-order valence-corrected chi connectivity index (χ4v) is 2.00. The van der Waals surface area contributed by atoms with E-state index in [4.69, 9.17) is 10.5 Å². The molecule has 0 saturated heterocycles. The molecule has 80 valence electrons. The van der Waals surface area contributed by atoms with Gasteiger partial charge in [-0.05, 0) is 30.9 Å². The molecule has 0 amide bonds. The van der Waals surface area contributed by atoms with Gasteiger partial charge in [-0.1, -0.05) is 6.07 Å². The van der Waals surface area contributed by atoms with E-state index in [1.54, 1.807) is 6.07 Å². The quantitative estimate of drug-likeness (QED) is 0.694. The second-order valence-electron chi connectivity index (χ2n) is 3.80. The molecule has 2 rings (SSSR count). The van der Waals surface area contributed by atoms with Gasteiger partial charge in [0.25, 0.3) is 0 Å². The van der Waals surface area contributed by atoms with Crippen molar-refractivity contribution in [1.29, 1.82) is 0 Å². The molecule has 0 aromatic carbocycles. The second kappa shape index (κ2) is 3.88. The highest BCUT2D eigenvalue weighted by Gasteiger charge is 2.25. The van der Waals surface area contributed by atoms with Gasteiger partial charge in [-0.2, -0.15) is 0 Å². The summed E-state index contributed by atoms with van der Waals surface area (Å²) in [5.41, 5.74) is 7.74. The number of hydrogen-bond acceptors (Lipinski definition) is 4. The van der Waals surface area contributed by atoms with E-state index >= 15 is 0 Å². The van der Waals surface area contributed by atoms with Crippen LogP contribution < -0.4 is 5.73 Å². The fourth-order valence-electron chi connectivity index (χ4n) is 2.00. The van der Waals surface area contributed by atoms with Crippen molar-refractivity contribution in [3.8, 4) is 0 Å². The van der Waals surface area contributed by atoms with Crippen LogP contribution >= 0.6 is 0 Å². The van der Waals surface area contributed by atoms with E-state index in [0.717, 1.165) is 30.5 Å². The summed E-state index contributed by atoms with van der Waals surface area (Å²) in [6.07, 6.45) is 2.32. The Morgan fingerprint density at radius 1 is 1.60 bits per heavy atom. The second-order valence-corrected chi connectivity index (χ2v) is 3.80. The van der Waals surface area contributed by atoms with Gasteiger partial charge in [0.1, 0.15) is 5.82 Å². The zero-order valence-electron chi connectivity index (χ0n) is 8.69. The molecular weight excluding hydrogens is 192 g/mol. The third kappa shape index (κ3) is 1.93. The summed E-state index contributed by atoms with van der Waals surface area (Å²) in [5.74, 6) is 0.399. The number of aryl methyl sites for hydroxylation is 1. The Bertz CT molecular complexity index is 390. The molecule has 15 heavy (non-hydrogen) atoms. The van der Waals surface area contributed by atoms with Gasteiger partial charge in [0, 0.05) is 5.69 Å². The molecule has 0 saturated carbocycles. The molecular formula is C11H14N2O2. The number of methoxy groups -OCH3 is 1. The van der Waals surface area contributed by atoms with Crippen LogP contribution in [-0.2, 0) is 22.4 Å². The summed E-state index contributed by atoms with van der Waals surface area (Å²) in [6.45, 7) is 0. The summed E-state index contributed by atoms with van der Waals surface area (Å²) < 4.78 is 4.74. The number of ether oxygens (including phenoxy) is 1. The van der Waals surface area contributed by atoms with Gasteiger partial charge in [-0.3, -0.25) is 4.79 Å². The van der Waals surface area contributed by atoms with Crippen molar-refractivity contribution < 1.29 is 9.53 Å². The number of fused-ring (bicyclic) bond motifs is 1. The lowest BCUT2D eigenvalue weighted by Gasteiger charge is -2.21. The molecule has 1 atom stereocenters. The van der Waals surface area contributed by atoms with Gasteiger partial charge < -0.3 is 10.5 Å². The monoisotopic (exact) mass is 206 g/mol. The Kier molecular flexibility index (Phi) is 2.58. The predicted molar refractivity (Wildman–Crippen MR) is 56.2 cm³/mol. The Labute approximate surface area is 88.4 Å². The lowest BCUT2D eigenvalue weighted by atomic mass is 9.86. The number of nitrogen functional groups attached to an aromatic ring is 1. The molecule has 1 unspecified atom stereocenters. The molecule has 0 bridgehead atoms. The topological polar surface area (TPSA) is 65.2 Å². The molecule has 1 aliphatic carbocycles. The number of esters is 1. The number of nitrogens with two attached hydrogens (primary N) is 1. The molecule has 4 nitrogen and oxygen atoms in total. The summed E-state index contributed by atoms with van der Waals surface area (Å²) in [4.78, 5) is 15.6. The zero-order valence-corrected chi connectivity index (χ0v) is 8.69. The van der Waals surface area contributed by atoms with E-state index in [2.05, 4.69) is 4.98 Å². The lowest BCUT2D eigenvalue weighted by molar-refractivity contribution is -0.145. The molecule has 1 aliphatic rings. The molecule has 1 aromatic rings. The largest absolute Gasteiger partial charge is 0.469 e. The summed E-state index contributed by atoms with van der Waals surface area (Å²) in [6, 6.07) is 3.73. The Morgan fingerprint density at radius 3 is 3.13 bits per heavy atom. The van der Waals surface area contributed by atoms with E-state index < -0.39 is 0 Å². The lowest BCUT2D eigenvalue weighted by Crippen LogP contribution is -2.24. The van der Waals surface area contributed by atoms with Crippen molar-refractivity contribution in [2.45, 2.75) is 19.3 Å². The Balaban J connectivity index is 2.20. The number of anilines is 1. The van der Waals surface area contributed by atoms with Crippen molar-refractivity contribution in [1.82, 2.24) is 4.98 Å². The highest BCUT2D eigenvalue weighted by Crippen LogP contribution is 2.25. The molecule has 2 N–H and O–H groups in total. The molecule has 1 heterocycles. The van der Waals surface area contributed by atoms with Crippen LogP contribution in [0.2, 0.25) is 0 Å². The average molecular weight is 206 g/mol. The maximum atomic E-state index is 11.4. The van der Waals surface area contributed by atoms with Crippen LogP contribution in [-0.4, -0.2) is 18.1 Å².